The van der Waals surface area contributed by atoms with Gasteiger partial charge in [-0.2, -0.15) is 0 Å². The summed E-state index contributed by atoms with van der Waals surface area (Å²) >= 11 is 5.00. The molecule has 2 heterocycles. The van der Waals surface area contributed by atoms with Crippen LogP contribution < -0.4 is 15.2 Å². The molecule has 0 bridgehead atoms. The number of nitrogens with zero attached hydrogens (tertiary/aromatic N) is 2. The third kappa shape index (κ3) is 2.81. The van der Waals surface area contributed by atoms with Gasteiger partial charge in [-0.1, -0.05) is 19.1 Å². The van der Waals surface area contributed by atoms with Crippen LogP contribution in [0.2, 0.25) is 0 Å². The zero-order chi connectivity index (χ0) is 14.8. The first kappa shape index (κ1) is 14.1. The number of ether oxygens (including phenoxy) is 2. The predicted molar refractivity (Wildman–Crippen MR) is 86.1 cm³/mol. The van der Waals surface area contributed by atoms with Gasteiger partial charge in [-0.05, 0) is 6.42 Å². The first-order chi connectivity index (χ1) is 10.2. The van der Waals surface area contributed by atoms with Crippen LogP contribution in [0.5, 0.6) is 11.5 Å². The molecule has 2 N–H and O–H groups in total. The lowest BCUT2D eigenvalue weighted by molar-refractivity contribution is 0.172. The standard InChI is InChI=1S/C15H19N3O2S/c1-2-3-15-17-10-8-12-13(20-7-6-19-12)9-11(10)18(15)5-4-14(16)21/h8-9H,2-7H2,1H3,(H2,16,21). The molecule has 6 heteroatoms. The average molecular weight is 305 g/mol. The quantitative estimate of drug-likeness (QED) is 0.860. The normalized spacial score (nSPS) is 13.6. The minimum atomic E-state index is 0.525. The summed E-state index contributed by atoms with van der Waals surface area (Å²) in [6, 6.07) is 3.97. The van der Waals surface area contributed by atoms with Crippen molar-refractivity contribution in [2.45, 2.75) is 32.7 Å². The van der Waals surface area contributed by atoms with Gasteiger partial charge in [-0.3, -0.25) is 0 Å². The van der Waals surface area contributed by atoms with Crippen molar-refractivity contribution in [3.05, 3.63) is 18.0 Å². The fourth-order valence-electron chi connectivity index (χ4n) is 2.60. The van der Waals surface area contributed by atoms with E-state index in [9.17, 15) is 0 Å². The molecule has 1 aromatic heterocycles. The number of fused-ring (bicyclic) bond motifs is 2. The number of aryl methyl sites for hydroxylation is 2. The van der Waals surface area contributed by atoms with Crippen molar-refractivity contribution in [2.75, 3.05) is 13.2 Å². The number of benzene rings is 1. The Morgan fingerprint density at radius 3 is 2.71 bits per heavy atom. The summed E-state index contributed by atoms with van der Waals surface area (Å²) in [5.41, 5.74) is 7.63. The summed E-state index contributed by atoms with van der Waals surface area (Å²) in [6.45, 7) is 4.07. The highest BCUT2D eigenvalue weighted by molar-refractivity contribution is 7.80. The van der Waals surface area contributed by atoms with Gasteiger partial charge in [0.25, 0.3) is 0 Å². The van der Waals surface area contributed by atoms with E-state index in [0.717, 1.165) is 47.7 Å². The molecule has 0 atom stereocenters. The Kier molecular flexibility index (Phi) is 3.96. The molecule has 2 aromatic rings. The van der Waals surface area contributed by atoms with Gasteiger partial charge in [0.2, 0.25) is 0 Å². The van der Waals surface area contributed by atoms with Crippen LogP contribution in [-0.2, 0) is 13.0 Å². The van der Waals surface area contributed by atoms with Gasteiger partial charge in [-0.15, -0.1) is 0 Å². The lowest BCUT2D eigenvalue weighted by Gasteiger charge is -2.18. The van der Waals surface area contributed by atoms with E-state index in [0.29, 0.717) is 24.6 Å². The molecular weight excluding hydrogens is 286 g/mol. The maximum atomic E-state index is 5.66. The van der Waals surface area contributed by atoms with Gasteiger partial charge in [0.05, 0.1) is 16.0 Å². The largest absolute Gasteiger partial charge is 0.486 e. The second-order valence-corrected chi connectivity index (χ2v) is 5.65. The Labute approximate surface area is 129 Å². The van der Waals surface area contributed by atoms with Crippen molar-refractivity contribution < 1.29 is 9.47 Å². The predicted octanol–water partition coefficient (Wildman–Crippen LogP) is 2.44. The number of hydrogen-bond donors (Lipinski definition) is 1. The van der Waals surface area contributed by atoms with E-state index in [1.54, 1.807) is 0 Å². The molecule has 112 valence electrons. The summed E-state index contributed by atoms with van der Waals surface area (Å²) in [5, 5.41) is 0. The van der Waals surface area contributed by atoms with Crippen LogP contribution >= 0.6 is 12.2 Å². The fourth-order valence-corrected chi connectivity index (χ4v) is 2.69. The molecule has 0 saturated carbocycles. The summed E-state index contributed by atoms with van der Waals surface area (Å²) in [6.07, 6.45) is 2.65. The highest BCUT2D eigenvalue weighted by atomic mass is 32.1. The van der Waals surface area contributed by atoms with Gasteiger partial charge in [0, 0.05) is 31.5 Å². The summed E-state index contributed by atoms with van der Waals surface area (Å²) in [5.74, 6) is 2.62. The lowest BCUT2D eigenvalue weighted by Crippen LogP contribution is -2.15. The zero-order valence-electron chi connectivity index (χ0n) is 12.1. The van der Waals surface area contributed by atoms with Crippen molar-refractivity contribution in [1.29, 1.82) is 0 Å². The molecule has 0 fully saturated rings. The minimum absolute atomic E-state index is 0.525. The highest BCUT2D eigenvalue weighted by Crippen LogP contribution is 2.35. The second-order valence-electron chi connectivity index (χ2n) is 5.13. The van der Waals surface area contributed by atoms with Gasteiger partial charge in [0.1, 0.15) is 19.0 Å². The first-order valence-electron chi connectivity index (χ1n) is 7.26. The van der Waals surface area contributed by atoms with Crippen LogP contribution in [0, 0.1) is 0 Å². The van der Waals surface area contributed by atoms with Crippen LogP contribution in [0.3, 0.4) is 0 Å². The van der Waals surface area contributed by atoms with Crippen molar-refractivity contribution >= 4 is 28.2 Å². The molecule has 0 saturated heterocycles. The Hall–Kier alpha value is -1.82. The van der Waals surface area contributed by atoms with Crippen molar-refractivity contribution in [3.63, 3.8) is 0 Å². The zero-order valence-corrected chi connectivity index (χ0v) is 12.9. The molecule has 1 aromatic carbocycles. The summed E-state index contributed by atoms with van der Waals surface area (Å²) in [7, 11) is 0. The van der Waals surface area contributed by atoms with Crippen LogP contribution in [0.25, 0.3) is 11.0 Å². The van der Waals surface area contributed by atoms with Crippen LogP contribution in [0.4, 0.5) is 0 Å². The summed E-state index contributed by atoms with van der Waals surface area (Å²) < 4.78 is 13.5. The summed E-state index contributed by atoms with van der Waals surface area (Å²) in [4.78, 5) is 5.26. The van der Waals surface area contributed by atoms with Gasteiger partial charge >= 0.3 is 0 Å². The van der Waals surface area contributed by atoms with Crippen molar-refractivity contribution in [3.8, 4) is 11.5 Å². The number of nitrogens with two attached hydrogens (primary N) is 1. The Morgan fingerprint density at radius 2 is 2.05 bits per heavy atom. The van der Waals surface area contributed by atoms with Gasteiger partial charge in [-0.25, -0.2) is 4.98 Å². The molecule has 3 rings (SSSR count). The molecular formula is C15H19N3O2S. The number of imidazole rings is 1. The number of hydrogen-bond acceptors (Lipinski definition) is 4. The first-order valence-corrected chi connectivity index (χ1v) is 7.67. The number of aromatic nitrogens is 2. The van der Waals surface area contributed by atoms with E-state index < -0.39 is 0 Å². The van der Waals surface area contributed by atoms with E-state index in [1.165, 1.54) is 0 Å². The van der Waals surface area contributed by atoms with Crippen LogP contribution in [0.15, 0.2) is 12.1 Å². The fraction of sp³-hybridized carbons (Fsp3) is 0.467. The average Bonchev–Trinajstić information content (AvgIpc) is 2.79. The molecule has 21 heavy (non-hydrogen) atoms. The highest BCUT2D eigenvalue weighted by Gasteiger charge is 2.17. The van der Waals surface area contributed by atoms with Gasteiger partial charge in [0.15, 0.2) is 11.5 Å². The monoisotopic (exact) mass is 305 g/mol. The SMILES string of the molecule is CCCc1nc2cc3c(cc2n1CCC(N)=S)OCCO3. The molecule has 0 amide bonds. The Bertz CT molecular complexity index is 681. The van der Waals surface area contributed by atoms with Crippen LogP contribution in [-0.4, -0.2) is 27.8 Å². The minimum Gasteiger partial charge on any atom is -0.486 e. The third-order valence-electron chi connectivity index (χ3n) is 3.55. The third-order valence-corrected chi connectivity index (χ3v) is 3.75. The van der Waals surface area contributed by atoms with E-state index in [-0.39, 0.29) is 0 Å². The van der Waals surface area contributed by atoms with Crippen LogP contribution in [0.1, 0.15) is 25.6 Å². The Balaban J connectivity index is 2.07. The maximum absolute atomic E-state index is 5.66. The van der Waals surface area contributed by atoms with E-state index in [1.807, 2.05) is 12.1 Å². The van der Waals surface area contributed by atoms with E-state index >= 15 is 0 Å². The molecule has 0 radical (unpaired) electrons. The lowest BCUT2D eigenvalue weighted by atomic mass is 10.2. The van der Waals surface area contributed by atoms with Crippen molar-refractivity contribution in [1.82, 2.24) is 9.55 Å². The number of rotatable bonds is 5. The van der Waals surface area contributed by atoms with E-state index in [4.69, 9.17) is 32.4 Å². The smallest absolute Gasteiger partial charge is 0.163 e. The van der Waals surface area contributed by atoms with Crippen molar-refractivity contribution in [2.24, 2.45) is 5.73 Å². The van der Waals surface area contributed by atoms with Gasteiger partial charge < -0.3 is 19.8 Å². The molecule has 0 aliphatic carbocycles. The Morgan fingerprint density at radius 1 is 1.33 bits per heavy atom. The topological polar surface area (TPSA) is 62.3 Å². The molecule has 0 spiro atoms. The second kappa shape index (κ2) is 5.89. The number of thiocarbonyl (C=S) groups is 1. The molecule has 0 unspecified atom stereocenters. The van der Waals surface area contributed by atoms with E-state index in [2.05, 4.69) is 11.5 Å². The maximum Gasteiger partial charge on any atom is 0.163 e. The molecule has 1 aliphatic rings. The molecule has 1 aliphatic heterocycles. The molecule has 5 nitrogen and oxygen atoms in total.